The second kappa shape index (κ2) is 7.40. The minimum atomic E-state index is -3.46. The van der Waals surface area contributed by atoms with Crippen LogP contribution in [0.4, 0.5) is 5.69 Å². The molecule has 7 heteroatoms. The van der Waals surface area contributed by atoms with E-state index in [1.165, 1.54) is 11.3 Å². The van der Waals surface area contributed by atoms with Crippen molar-refractivity contribution in [2.45, 2.75) is 63.9 Å². The molecule has 0 bridgehead atoms. The predicted octanol–water partition coefficient (Wildman–Crippen LogP) is 2.91. The van der Waals surface area contributed by atoms with Crippen LogP contribution in [0.5, 0.6) is 0 Å². The smallest absolute Gasteiger partial charge is 0.241 e. The normalized spacial score (nSPS) is 14.6. The van der Waals surface area contributed by atoms with Gasteiger partial charge >= 0.3 is 0 Å². The van der Waals surface area contributed by atoms with E-state index >= 15 is 0 Å². The Kier molecular flexibility index (Phi) is 5.39. The van der Waals surface area contributed by atoms with Crippen molar-refractivity contribution in [1.82, 2.24) is 14.5 Å². The maximum atomic E-state index is 12.6. The first-order valence-electron chi connectivity index (χ1n) is 9.26. The number of benzene rings is 1. The molecule has 1 aliphatic rings. The Morgan fingerprint density at radius 3 is 2.58 bits per heavy atom. The maximum absolute atomic E-state index is 12.6. The monoisotopic (exact) mass is 376 g/mol. The van der Waals surface area contributed by atoms with Crippen molar-refractivity contribution >= 4 is 15.7 Å². The van der Waals surface area contributed by atoms with E-state index in [0.29, 0.717) is 11.4 Å². The van der Waals surface area contributed by atoms with Gasteiger partial charge in [-0.25, -0.2) is 13.1 Å². The van der Waals surface area contributed by atoms with Crippen molar-refractivity contribution in [3.8, 4) is 0 Å². The average Bonchev–Trinajstić information content (AvgIpc) is 3.34. The molecule has 142 valence electrons. The summed E-state index contributed by atoms with van der Waals surface area (Å²) in [4.78, 5) is 0.354. The molecule has 26 heavy (non-hydrogen) atoms. The van der Waals surface area contributed by atoms with E-state index in [-0.39, 0.29) is 6.04 Å². The van der Waals surface area contributed by atoms with Crippen LogP contribution >= 0.6 is 0 Å². The number of hydrogen-bond acceptors (Lipinski definition) is 4. The van der Waals surface area contributed by atoms with Crippen LogP contribution in [0.1, 0.15) is 49.2 Å². The highest BCUT2D eigenvalue weighted by molar-refractivity contribution is 7.89. The summed E-state index contributed by atoms with van der Waals surface area (Å²) in [6.45, 7) is 6.73. The standard InChI is InChI=1S/C19H28N4O2S/c1-5-16-15(18(6-2)23(4)21-16)12-20-17-8-7-9-19(13(17)3)26(24,25)22-14-10-11-14/h7-9,14,20,22H,5-6,10-12H2,1-4H3. The fraction of sp³-hybridized carbons (Fsp3) is 0.526. The Bertz CT molecular complexity index is 899. The van der Waals surface area contributed by atoms with E-state index in [2.05, 4.69) is 29.0 Å². The number of hydrogen-bond donors (Lipinski definition) is 2. The van der Waals surface area contributed by atoms with Crippen molar-refractivity contribution in [3.05, 3.63) is 40.7 Å². The predicted molar refractivity (Wildman–Crippen MR) is 104 cm³/mol. The maximum Gasteiger partial charge on any atom is 0.241 e. The Morgan fingerprint density at radius 2 is 1.96 bits per heavy atom. The number of rotatable bonds is 8. The zero-order valence-corrected chi connectivity index (χ0v) is 16.8. The number of nitrogens with one attached hydrogen (secondary N) is 2. The summed E-state index contributed by atoms with van der Waals surface area (Å²) in [5.74, 6) is 0. The van der Waals surface area contributed by atoms with Crippen LogP contribution in [0.2, 0.25) is 0 Å². The highest BCUT2D eigenvalue weighted by atomic mass is 32.2. The van der Waals surface area contributed by atoms with Gasteiger partial charge in [0.2, 0.25) is 10.0 Å². The van der Waals surface area contributed by atoms with E-state index in [9.17, 15) is 8.42 Å². The quantitative estimate of drug-likeness (QED) is 0.743. The summed E-state index contributed by atoms with van der Waals surface area (Å²) in [6.07, 6.45) is 3.65. The van der Waals surface area contributed by atoms with Gasteiger partial charge in [0.25, 0.3) is 0 Å². The second-order valence-electron chi connectivity index (χ2n) is 6.88. The molecule has 2 N–H and O–H groups in total. The lowest BCUT2D eigenvalue weighted by Crippen LogP contribution is -2.26. The number of nitrogens with zero attached hydrogens (tertiary/aromatic N) is 2. The Hall–Kier alpha value is -1.86. The molecule has 0 amide bonds. The van der Waals surface area contributed by atoms with Crippen LogP contribution in [0.15, 0.2) is 23.1 Å². The fourth-order valence-electron chi connectivity index (χ4n) is 3.36. The molecule has 0 saturated heterocycles. The minimum Gasteiger partial charge on any atom is -0.381 e. The van der Waals surface area contributed by atoms with Crippen LogP contribution in [0.25, 0.3) is 0 Å². The zero-order valence-electron chi connectivity index (χ0n) is 16.0. The van der Waals surface area contributed by atoms with Gasteiger partial charge in [0.1, 0.15) is 0 Å². The van der Waals surface area contributed by atoms with E-state index in [4.69, 9.17) is 0 Å². The second-order valence-corrected chi connectivity index (χ2v) is 8.56. The van der Waals surface area contributed by atoms with Crippen molar-refractivity contribution in [1.29, 1.82) is 0 Å². The van der Waals surface area contributed by atoms with Crippen LogP contribution in [-0.4, -0.2) is 24.2 Å². The summed E-state index contributed by atoms with van der Waals surface area (Å²) in [7, 11) is -1.49. The third kappa shape index (κ3) is 3.78. The Morgan fingerprint density at radius 1 is 1.23 bits per heavy atom. The topological polar surface area (TPSA) is 76.0 Å². The Labute approximate surface area is 156 Å². The molecule has 0 unspecified atom stereocenters. The molecule has 6 nitrogen and oxygen atoms in total. The van der Waals surface area contributed by atoms with Gasteiger partial charge in [-0.05, 0) is 50.3 Å². The number of aryl methyl sites for hydroxylation is 2. The SMILES string of the molecule is CCc1nn(C)c(CC)c1CNc1cccc(S(=O)(=O)NC2CC2)c1C. The number of sulfonamides is 1. The highest BCUT2D eigenvalue weighted by Gasteiger charge is 2.29. The van der Waals surface area contributed by atoms with Gasteiger partial charge in [-0.15, -0.1) is 0 Å². The van der Waals surface area contributed by atoms with Crippen LogP contribution in [0.3, 0.4) is 0 Å². The van der Waals surface area contributed by atoms with Gasteiger partial charge in [-0.3, -0.25) is 4.68 Å². The molecule has 0 aliphatic heterocycles. The summed E-state index contributed by atoms with van der Waals surface area (Å²) < 4.78 is 29.9. The molecule has 1 heterocycles. The molecule has 0 atom stereocenters. The first-order valence-corrected chi connectivity index (χ1v) is 10.7. The van der Waals surface area contributed by atoms with Gasteiger partial charge < -0.3 is 5.32 Å². The lowest BCUT2D eigenvalue weighted by Gasteiger charge is -2.15. The average molecular weight is 377 g/mol. The molecule has 1 saturated carbocycles. The molecule has 0 spiro atoms. The molecule has 1 fully saturated rings. The van der Waals surface area contributed by atoms with Crippen LogP contribution < -0.4 is 10.0 Å². The van der Waals surface area contributed by atoms with Gasteiger partial charge in [0.15, 0.2) is 0 Å². The van der Waals surface area contributed by atoms with E-state index in [0.717, 1.165) is 42.6 Å². The van der Waals surface area contributed by atoms with Gasteiger partial charge in [-0.2, -0.15) is 5.10 Å². The Balaban J connectivity index is 1.84. The molecule has 1 aromatic heterocycles. The molecule has 1 aliphatic carbocycles. The summed E-state index contributed by atoms with van der Waals surface area (Å²) in [6, 6.07) is 5.50. The first kappa shape index (κ1) is 18.9. The molecule has 2 aromatic rings. The largest absolute Gasteiger partial charge is 0.381 e. The van der Waals surface area contributed by atoms with Gasteiger partial charge in [-0.1, -0.05) is 19.9 Å². The molecule has 0 radical (unpaired) electrons. The summed E-state index contributed by atoms with van der Waals surface area (Å²) in [5.41, 5.74) is 5.11. The van der Waals surface area contributed by atoms with Crippen LogP contribution in [-0.2, 0) is 36.5 Å². The zero-order chi connectivity index (χ0) is 18.9. The third-order valence-electron chi connectivity index (χ3n) is 4.96. The highest BCUT2D eigenvalue weighted by Crippen LogP contribution is 2.27. The van der Waals surface area contributed by atoms with Gasteiger partial charge in [0, 0.05) is 36.6 Å². The summed E-state index contributed by atoms with van der Waals surface area (Å²) in [5, 5.41) is 8.03. The third-order valence-corrected chi connectivity index (χ3v) is 6.62. The lowest BCUT2D eigenvalue weighted by atomic mass is 10.1. The molecular weight excluding hydrogens is 348 g/mol. The van der Waals surface area contributed by atoms with Crippen molar-refractivity contribution < 1.29 is 8.42 Å². The van der Waals surface area contributed by atoms with E-state index in [1.807, 2.05) is 24.7 Å². The molecular formula is C19H28N4O2S. The van der Waals surface area contributed by atoms with E-state index in [1.54, 1.807) is 12.1 Å². The first-order chi connectivity index (χ1) is 12.4. The van der Waals surface area contributed by atoms with Crippen LogP contribution in [0, 0.1) is 6.92 Å². The number of aromatic nitrogens is 2. The number of anilines is 1. The summed E-state index contributed by atoms with van der Waals surface area (Å²) >= 11 is 0. The van der Waals surface area contributed by atoms with Crippen molar-refractivity contribution in [2.75, 3.05) is 5.32 Å². The minimum absolute atomic E-state index is 0.102. The fourth-order valence-corrected chi connectivity index (χ4v) is 4.93. The van der Waals surface area contributed by atoms with Gasteiger partial charge in [0.05, 0.1) is 10.6 Å². The molecule has 1 aromatic carbocycles. The van der Waals surface area contributed by atoms with Crippen molar-refractivity contribution in [2.24, 2.45) is 7.05 Å². The van der Waals surface area contributed by atoms with Crippen molar-refractivity contribution in [3.63, 3.8) is 0 Å². The van der Waals surface area contributed by atoms with E-state index < -0.39 is 10.0 Å². The lowest BCUT2D eigenvalue weighted by molar-refractivity contribution is 0.580. The molecule has 3 rings (SSSR count).